The number of carbonyl (C=O) groups excluding carboxylic acids is 1. The Bertz CT molecular complexity index is 676. The Morgan fingerprint density at radius 3 is 2.95 bits per heavy atom. The molecule has 1 unspecified atom stereocenters. The van der Waals surface area contributed by atoms with Gasteiger partial charge in [0.2, 0.25) is 5.56 Å². The monoisotopic (exact) mass is 297 g/mol. The summed E-state index contributed by atoms with van der Waals surface area (Å²) >= 11 is 0. The molecule has 0 spiro atoms. The lowest BCUT2D eigenvalue weighted by Crippen LogP contribution is -2.40. The molecular weight excluding hydrogens is 278 g/mol. The summed E-state index contributed by atoms with van der Waals surface area (Å²) in [6, 6.07) is 8.92. The summed E-state index contributed by atoms with van der Waals surface area (Å²) in [5, 5.41) is 0. The Hall–Kier alpha value is -2.43. The van der Waals surface area contributed by atoms with Crippen LogP contribution in [0.3, 0.4) is 0 Å². The van der Waals surface area contributed by atoms with E-state index in [1.807, 2.05) is 23.1 Å². The first-order valence-corrected chi connectivity index (χ1v) is 7.60. The number of piperidine rings is 1. The lowest BCUT2D eigenvalue weighted by molar-refractivity contribution is 0.0672. The molecular formula is C17H19N3O2. The van der Waals surface area contributed by atoms with Crippen molar-refractivity contribution < 1.29 is 4.79 Å². The minimum atomic E-state index is -0.191. The van der Waals surface area contributed by atoms with E-state index < -0.39 is 0 Å². The van der Waals surface area contributed by atoms with Gasteiger partial charge in [-0.05, 0) is 43.4 Å². The zero-order chi connectivity index (χ0) is 15.4. The number of likely N-dealkylation sites (tertiary alicyclic amines) is 1. The topological polar surface area (TPSA) is 66.1 Å². The lowest BCUT2D eigenvalue weighted by Gasteiger charge is -2.32. The second-order valence-corrected chi connectivity index (χ2v) is 5.73. The van der Waals surface area contributed by atoms with E-state index in [2.05, 4.69) is 9.97 Å². The van der Waals surface area contributed by atoms with E-state index >= 15 is 0 Å². The highest BCUT2D eigenvalue weighted by molar-refractivity contribution is 5.93. The molecule has 2 aromatic heterocycles. The number of pyridine rings is 2. The number of rotatable bonds is 3. The summed E-state index contributed by atoms with van der Waals surface area (Å²) in [6.45, 7) is 1.52. The van der Waals surface area contributed by atoms with Gasteiger partial charge >= 0.3 is 0 Å². The number of aromatic nitrogens is 2. The van der Waals surface area contributed by atoms with Gasteiger partial charge in [0.25, 0.3) is 5.91 Å². The first-order valence-electron chi connectivity index (χ1n) is 7.60. The molecule has 1 aliphatic rings. The summed E-state index contributed by atoms with van der Waals surface area (Å²) in [7, 11) is 0. The van der Waals surface area contributed by atoms with Crippen LogP contribution in [0.25, 0.3) is 0 Å². The molecule has 114 valence electrons. The normalized spacial score (nSPS) is 18.2. The van der Waals surface area contributed by atoms with Crippen molar-refractivity contribution in [2.75, 3.05) is 13.1 Å². The van der Waals surface area contributed by atoms with E-state index in [1.54, 1.807) is 12.3 Å². The Kier molecular flexibility index (Phi) is 4.32. The number of aromatic amines is 1. The zero-order valence-electron chi connectivity index (χ0n) is 12.4. The predicted octanol–water partition coefficient (Wildman–Crippen LogP) is 1.86. The summed E-state index contributed by atoms with van der Waals surface area (Å²) in [5.41, 5.74) is 1.42. The molecule has 3 heterocycles. The van der Waals surface area contributed by atoms with Gasteiger partial charge in [-0.25, -0.2) is 0 Å². The summed E-state index contributed by atoms with van der Waals surface area (Å²) in [4.78, 5) is 32.4. The van der Waals surface area contributed by atoms with Gasteiger partial charge < -0.3 is 9.88 Å². The SMILES string of the molecule is O=C(c1ccc(=O)[nH]c1)N1CCCC(Cc2ccccn2)C1. The number of H-pyrrole nitrogens is 1. The number of nitrogens with zero attached hydrogens (tertiary/aromatic N) is 2. The predicted molar refractivity (Wildman–Crippen MR) is 83.6 cm³/mol. The smallest absolute Gasteiger partial charge is 0.255 e. The number of amides is 1. The first-order chi connectivity index (χ1) is 10.7. The second kappa shape index (κ2) is 6.56. The van der Waals surface area contributed by atoms with Crippen LogP contribution in [0.4, 0.5) is 0 Å². The van der Waals surface area contributed by atoms with Gasteiger partial charge in [0.15, 0.2) is 0 Å². The maximum Gasteiger partial charge on any atom is 0.255 e. The molecule has 0 aliphatic carbocycles. The summed E-state index contributed by atoms with van der Waals surface area (Å²) < 4.78 is 0. The Morgan fingerprint density at radius 1 is 1.32 bits per heavy atom. The van der Waals surface area contributed by atoms with E-state index in [0.717, 1.165) is 38.0 Å². The molecule has 1 atom stereocenters. The third kappa shape index (κ3) is 3.42. The molecule has 2 aromatic rings. The fraction of sp³-hybridized carbons (Fsp3) is 0.353. The van der Waals surface area contributed by atoms with Crippen molar-refractivity contribution in [2.45, 2.75) is 19.3 Å². The van der Waals surface area contributed by atoms with Crippen molar-refractivity contribution in [3.8, 4) is 0 Å². The van der Waals surface area contributed by atoms with Gasteiger partial charge in [-0.15, -0.1) is 0 Å². The molecule has 0 bridgehead atoms. The first kappa shape index (κ1) is 14.5. The highest BCUT2D eigenvalue weighted by Gasteiger charge is 2.24. The number of carbonyl (C=O) groups is 1. The standard InChI is InChI=1S/C17H19N3O2/c21-16-7-6-14(11-19-16)17(22)20-9-3-4-13(12-20)10-15-5-1-2-8-18-15/h1-2,5-8,11,13H,3-4,9-10,12H2,(H,19,21). The fourth-order valence-electron chi connectivity index (χ4n) is 2.96. The molecule has 3 rings (SSSR count). The van der Waals surface area contributed by atoms with Crippen LogP contribution in [0.2, 0.25) is 0 Å². The van der Waals surface area contributed by atoms with Gasteiger partial charge in [0, 0.05) is 37.2 Å². The van der Waals surface area contributed by atoms with Gasteiger partial charge in [0.05, 0.1) is 5.56 Å². The van der Waals surface area contributed by atoms with Crippen LogP contribution >= 0.6 is 0 Å². The Morgan fingerprint density at radius 2 is 2.23 bits per heavy atom. The molecule has 0 saturated carbocycles. The highest BCUT2D eigenvalue weighted by atomic mass is 16.2. The largest absolute Gasteiger partial charge is 0.338 e. The minimum Gasteiger partial charge on any atom is -0.338 e. The number of nitrogens with one attached hydrogen (secondary N) is 1. The van der Waals surface area contributed by atoms with Crippen molar-refractivity contribution in [3.05, 3.63) is 64.3 Å². The molecule has 1 aliphatic heterocycles. The molecule has 1 N–H and O–H groups in total. The maximum absolute atomic E-state index is 12.5. The number of hydrogen-bond acceptors (Lipinski definition) is 3. The van der Waals surface area contributed by atoms with E-state index in [1.165, 1.54) is 12.3 Å². The van der Waals surface area contributed by atoms with Crippen LogP contribution in [-0.4, -0.2) is 33.9 Å². The lowest BCUT2D eigenvalue weighted by atomic mass is 9.93. The molecule has 1 saturated heterocycles. The van der Waals surface area contributed by atoms with Crippen molar-refractivity contribution in [1.29, 1.82) is 0 Å². The number of hydrogen-bond donors (Lipinski definition) is 1. The van der Waals surface area contributed by atoms with Crippen LogP contribution in [0.15, 0.2) is 47.5 Å². The van der Waals surface area contributed by atoms with Crippen LogP contribution in [0.5, 0.6) is 0 Å². The molecule has 0 radical (unpaired) electrons. The third-order valence-electron chi connectivity index (χ3n) is 4.06. The fourth-order valence-corrected chi connectivity index (χ4v) is 2.96. The quantitative estimate of drug-likeness (QED) is 0.940. The van der Waals surface area contributed by atoms with Crippen LogP contribution in [-0.2, 0) is 6.42 Å². The average Bonchev–Trinajstić information content (AvgIpc) is 2.56. The van der Waals surface area contributed by atoms with Crippen molar-refractivity contribution >= 4 is 5.91 Å². The second-order valence-electron chi connectivity index (χ2n) is 5.73. The molecule has 5 heteroatoms. The van der Waals surface area contributed by atoms with Gasteiger partial charge in [0.1, 0.15) is 0 Å². The third-order valence-corrected chi connectivity index (χ3v) is 4.06. The van der Waals surface area contributed by atoms with Crippen molar-refractivity contribution in [2.24, 2.45) is 5.92 Å². The highest BCUT2D eigenvalue weighted by Crippen LogP contribution is 2.21. The Labute approximate surface area is 129 Å². The van der Waals surface area contributed by atoms with Gasteiger partial charge in [-0.1, -0.05) is 6.07 Å². The molecule has 0 aromatic carbocycles. The molecule has 22 heavy (non-hydrogen) atoms. The van der Waals surface area contributed by atoms with Crippen LogP contribution < -0.4 is 5.56 Å². The van der Waals surface area contributed by atoms with Gasteiger partial charge in [-0.3, -0.25) is 14.6 Å². The van der Waals surface area contributed by atoms with Crippen LogP contribution in [0.1, 0.15) is 28.9 Å². The Balaban J connectivity index is 1.66. The van der Waals surface area contributed by atoms with E-state index in [4.69, 9.17) is 0 Å². The summed E-state index contributed by atoms with van der Waals surface area (Å²) in [6.07, 6.45) is 6.32. The van der Waals surface area contributed by atoms with E-state index in [0.29, 0.717) is 11.5 Å². The minimum absolute atomic E-state index is 0.0121. The van der Waals surface area contributed by atoms with Gasteiger partial charge in [-0.2, -0.15) is 0 Å². The van der Waals surface area contributed by atoms with Crippen molar-refractivity contribution in [1.82, 2.24) is 14.9 Å². The van der Waals surface area contributed by atoms with Crippen LogP contribution in [0, 0.1) is 5.92 Å². The molecule has 5 nitrogen and oxygen atoms in total. The maximum atomic E-state index is 12.5. The molecule has 1 fully saturated rings. The van der Waals surface area contributed by atoms with E-state index in [9.17, 15) is 9.59 Å². The summed E-state index contributed by atoms with van der Waals surface area (Å²) in [5.74, 6) is 0.428. The average molecular weight is 297 g/mol. The van der Waals surface area contributed by atoms with E-state index in [-0.39, 0.29) is 11.5 Å². The van der Waals surface area contributed by atoms with Crippen molar-refractivity contribution in [3.63, 3.8) is 0 Å². The molecule has 1 amide bonds. The zero-order valence-corrected chi connectivity index (χ0v) is 12.4.